The van der Waals surface area contributed by atoms with Crippen LogP contribution in [-0.4, -0.2) is 43.4 Å². The Bertz CT molecular complexity index is 384. The molecule has 0 aromatic carbocycles. The number of pyridine rings is 1. The summed E-state index contributed by atoms with van der Waals surface area (Å²) in [5, 5.41) is 9.05. The van der Waals surface area contributed by atoms with Crippen LogP contribution in [0.4, 0.5) is 5.82 Å². The van der Waals surface area contributed by atoms with Crippen molar-refractivity contribution in [2.45, 2.75) is 0 Å². The summed E-state index contributed by atoms with van der Waals surface area (Å²) in [6.07, 6.45) is 1.57. The van der Waals surface area contributed by atoms with Gasteiger partial charge in [-0.2, -0.15) is 0 Å². The molecule has 0 saturated carbocycles. The zero-order chi connectivity index (χ0) is 12.1. The van der Waals surface area contributed by atoms with Crippen LogP contribution in [0.25, 0.3) is 0 Å². The topological polar surface area (TPSA) is 62.7 Å². The highest BCUT2D eigenvalue weighted by atomic mass is 79.9. The maximum atomic E-state index is 11.0. The molecular weight excluding hydrogens is 276 g/mol. The van der Waals surface area contributed by atoms with Crippen LogP contribution in [0.1, 0.15) is 10.4 Å². The summed E-state index contributed by atoms with van der Waals surface area (Å²) in [6, 6.07) is 1.54. The molecule has 0 aliphatic carbocycles. The minimum Gasteiger partial charge on any atom is -0.478 e. The summed E-state index contributed by atoms with van der Waals surface area (Å²) in [5.41, 5.74) is 0.174. The number of hydrogen-bond donors (Lipinski definition) is 1. The number of hydrogen-bond acceptors (Lipinski definition) is 4. The van der Waals surface area contributed by atoms with E-state index in [1.54, 1.807) is 25.3 Å². The molecule has 1 heterocycles. The number of nitrogens with zero attached hydrogens (tertiary/aromatic N) is 2. The van der Waals surface area contributed by atoms with Crippen LogP contribution < -0.4 is 4.90 Å². The first kappa shape index (κ1) is 12.9. The van der Waals surface area contributed by atoms with Crippen LogP contribution in [0.2, 0.25) is 0 Å². The Morgan fingerprint density at radius 3 is 2.94 bits per heavy atom. The number of ether oxygens (including phenoxy) is 1. The summed E-state index contributed by atoms with van der Waals surface area (Å²) < 4.78 is 5.58. The third kappa shape index (κ3) is 3.18. The van der Waals surface area contributed by atoms with Gasteiger partial charge in [-0.05, 0) is 22.0 Å². The van der Waals surface area contributed by atoms with Gasteiger partial charge in [0.1, 0.15) is 11.4 Å². The molecule has 0 saturated heterocycles. The SMILES string of the molecule is COCCN(C)c1ncc(Br)cc1C(=O)O. The molecule has 0 aliphatic heterocycles. The first-order valence-electron chi connectivity index (χ1n) is 4.65. The highest BCUT2D eigenvalue weighted by Gasteiger charge is 2.15. The third-order valence-electron chi connectivity index (χ3n) is 2.06. The molecule has 88 valence electrons. The van der Waals surface area contributed by atoms with Crippen molar-refractivity contribution >= 4 is 27.7 Å². The zero-order valence-corrected chi connectivity index (χ0v) is 10.7. The molecule has 0 amide bonds. The molecule has 0 aliphatic rings. The van der Waals surface area contributed by atoms with Crippen molar-refractivity contribution in [1.29, 1.82) is 0 Å². The number of aromatic nitrogens is 1. The van der Waals surface area contributed by atoms with Gasteiger partial charge in [0.05, 0.1) is 6.61 Å². The van der Waals surface area contributed by atoms with Crippen LogP contribution in [0.15, 0.2) is 16.7 Å². The molecule has 1 aromatic rings. The van der Waals surface area contributed by atoms with Gasteiger partial charge in [-0.1, -0.05) is 0 Å². The lowest BCUT2D eigenvalue weighted by molar-refractivity contribution is 0.0697. The average Bonchev–Trinajstić information content (AvgIpc) is 2.25. The summed E-state index contributed by atoms with van der Waals surface area (Å²) in [7, 11) is 3.38. The van der Waals surface area contributed by atoms with Gasteiger partial charge < -0.3 is 14.7 Å². The average molecular weight is 289 g/mol. The molecule has 5 nitrogen and oxygen atoms in total. The normalized spacial score (nSPS) is 10.2. The van der Waals surface area contributed by atoms with Crippen molar-refractivity contribution in [3.05, 3.63) is 22.3 Å². The number of likely N-dealkylation sites (N-methyl/N-ethyl adjacent to an activating group) is 1. The third-order valence-corrected chi connectivity index (χ3v) is 2.49. The van der Waals surface area contributed by atoms with E-state index in [9.17, 15) is 4.79 Å². The molecule has 0 spiro atoms. The quantitative estimate of drug-likeness (QED) is 0.892. The fourth-order valence-electron chi connectivity index (χ4n) is 1.23. The Morgan fingerprint density at radius 1 is 1.69 bits per heavy atom. The fraction of sp³-hybridized carbons (Fsp3) is 0.400. The lowest BCUT2D eigenvalue weighted by atomic mass is 10.2. The van der Waals surface area contributed by atoms with E-state index in [1.165, 1.54) is 6.07 Å². The van der Waals surface area contributed by atoms with Crippen molar-refractivity contribution in [2.24, 2.45) is 0 Å². The van der Waals surface area contributed by atoms with Crippen LogP contribution in [0.3, 0.4) is 0 Å². The molecule has 16 heavy (non-hydrogen) atoms. The summed E-state index contributed by atoms with van der Waals surface area (Å²) >= 11 is 3.20. The van der Waals surface area contributed by atoms with E-state index < -0.39 is 5.97 Å². The molecular formula is C10H13BrN2O3. The first-order valence-corrected chi connectivity index (χ1v) is 5.44. The van der Waals surface area contributed by atoms with E-state index >= 15 is 0 Å². The van der Waals surface area contributed by atoms with Crippen molar-refractivity contribution < 1.29 is 14.6 Å². The second-order valence-corrected chi connectivity index (χ2v) is 4.16. The van der Waals surface area contributed by atoms with Gasteiger partial charge in [0.2, 0.25) is 0 Å². The molecule has 0 bridgehead atoms. The number of aromatic carboxylic acids is 1. The standard InChI is InChI=1S/C10H13BrN2O3/c1-13(3-4-16-2)9-8(10(14)15)5-7(11)6-12-9/h5-6H,3-4H2,1-2H3,(H,14,15). The molecule has 1 rings (SSSR count). The number of carboxylic acids is 1. The molecule has 0 radical (unpaired) electrons. The first-order chi connectivity index (χ1) is 7.56. The van der Waals surface area contributed by atoms with Crippen LogP contribution >= 0.6 is 15.9 Å². The van der Waals surface area contributed by atoms with Crippen molar-refractivity contribution in [2.75, 3.05) is 32.2 Å². The number of anilines is 1. The second kappa shape index (κ2) is 5.81. The Morgan fingerprint density at radius 2 is 2.38 bits per heavy atom. The maximum Gasteiger partial charge on any atom is 0.339 e. The van der Waals surface area contributed by atoms with Crippen LogP contribution in [-0.2, 0) is 4.74 Å². The molecule has 1 aromatic heterocycles. The van der Waals surface area contributed by atoms with Gasteiger partial charge in [-0.15, -0.1) is 0 Å². The molecule has 1 N–H and O–H groups in total. The number of methoxy groups -OCH3 is 1. The summed E-state index contributed by atoms with van der Waals surface area (Å²) in [4.78, 5) is 16.9. The number of halogens is 1. The van der Waals surface area contributed by atoms with Gasteiger partial charge in [-0.25, -0.2) is 9.78 Å². The van der Waals surface area contributed by atoms with E-state index in [-0.39, 0.29) is 5.56 Å². The van der Waals surface area contributed by atoms with Gasteiger partial charge in [0.15, 0.2) is 0 Å². The largest absolute Gasteiger partial charge is 0.478 e. The van der Waals surface area contributed by atoms with Crippen molar-refractivity contribution in [3.63, 3.8) is 0 Å². The minimum atomic E-state index is -0.993. The highest BCUT2D eigenvalue weighted by Crippen LogP contribution is 2.20. The molecule has 0 atom stereocenters. The Labute approximate surface area is 102 Å². The maximum absolute atomic E-state index is 11.0. The van der Waals surface area contributed by atoms with Crippen LogP contribution in [0, 0.1) is 0 Å². The summed E-state index contributed by atoms with van der Waals surface area (Å²) in [5.74, 6) is -0.555. The number of carboxylic acid groups (broad SMARTS) is 1. The van der Waals surface area contributed by atoms with E-state index in [0.29, 0.717) is 23.4 Å². The summed E-state index contributed by atoms with van der Waals surface area (Å²) in [6.45, 7) is 1.11. The predicted molar refractivity (Wildman–Crippen MR) is 64.0 cm³/mol. The van der Waals surface area contributed by atoms with Crippen molar-refractivity contribution in [3.8, 4) is 0 Å². The fourth-order valence-corrected chi connectivity index (χ4v) is 1.56. The van der Waals surface area contributed by atoms with E-state index in [1.807, 2.05) is 0 Å². The van der Waals surface area contributed by atoms with E-state index in [2.05, 4.69) is 20.9 Å². The highest BCUT2D eigenvalue weighted by molar-refractivity contribution is 9.10. The van der Waals surface area contributed by atoms with Gasteiger partial charge in [0, 0.05) is 31.4 Å². The van der Waals surface area contributed by atoms with E-state index in [0.717, 1.165) is 0 Å². The Hall–Kier alpha value is -1.14. The van der Waals surface area contributed by atoms with Gasteiger partial charge >= 0.3 is 5.97 Å². The number of carbonyl (C=O) groups is 1. The second-order valence-electron chi connectivity index (χ2n) is 3.24. The van der Waals surface area contributed by atoms with Gasteiger partial charge in [0.25, 0.3) is 0 Å². The lowest BCUT2D eigenvalue weighted by Gasteiger charge is -2.19. The Kier molecular flexibility index (Phi) is 4.70. The number of rotatable bonds is 5. The van der Waals surface area contributed by atoms with Crippen LogP contribution in [0.5, 0.6) is 0 Å². The lowest BCUT2D eigenvalue weighted by Crippen LogP contribution is -2.25. The molecule has 0 fully saturated rings. The monoisotopic (exact) mass is 288 g/mol. The Balaban J connectivity index is 2.98. The molecule has 6 heteroatoms. The van der Waals surface area contributed by atoms with Crippen molar-refractivity contribution in [1.82, 2.24) is 4.98 Å². The smallest absolute Gasteiger partial charge is 0.339 e. The predicted octanol–water partition coefficient (Wildman–Crippen LogP) is 1.62. The molecule has 0 unspecified atom stereocenters. The zero-order valence-electron chi connectivity index (χ0n) is 9.11. The van der Waals surface area contributed by atoms with Gasteiger partial charge in [-0.3, -0.25) is 0 Å². The minimum absolute atomic E-state index is 0.174. The van der Waals surface area contributed by atoms with E-state index in [4.69, 9.17) is 9.84 Å².